The van der Waals surface area contributed by atoms with E-state index >= 15 is 0 Å². The Labute approximate surface area is 753 Å². The fourth-order valence-corrected chi connectivity index (χ4v) is 31.8. The summed E-state index contributed by atoms with van der Waals surface area (Å²) in [6.07, 6.45) is 113. The zero-order valence-corrected chi connectivity index (χ0v) is 80.9. The molecule has 0 unspecified atom stereocenters. The van der Waals surface area contributed by atoms with Gasteiger partial charge in [0.2, 0.25) is 0 Å². The first kappa shape index (κ1) is 98.1. The average Bonchev–Trinajstić information content (AvgIpc) is 0.866. The fourth-order valence-electron chi connectivity index (χ4n) is 31.8. The summed E-state index contributed by atoms with van der Waals surface area (Å²) in [7, 11) is 0. The molecule has 0 aliphatic heterocycles. The average molecular weight is 1690 g/mol. The lowest BCUT2D eigenvalue weighted by Crippen LogP contribution is -2.24. The first-order valence-electron chi connectivity index (χ1n) is 56.8. The van der Waals surface area contributed by atoms with Gasteiger partial charge in [-0.05, 0) is 351 Å². The third kappa shape index (κ3) is 35.3. The molecule has 0 aromatic carbocycles. The molecule has 0 atom stereocenters. The van der Waals surface area contributed by atoms with Gasteiger partial charge in [-0.3, -0.25) is 4.79 Å². The lowest BCUT2D eigenvalue weighted by molar-refractivity contribution is -0.121. The fraction of sp³-hybridized carbons (Fsp3) is 0.949. The molecule has 16 fully saturated rings. The molecule has 5 heteroatoms. The molecule has 0 amide bonds. The summed E-state index contributed by atoms with van der Waals surface area (Å²) in [5.41, 5.74) is 0. The van der Waals surface area contributed by atoms with Crippen molar-refractivity contribution in [3.8, 4) is 0 Å². The van der Waals surface area contributed by atoms with Gasteiger partial charge in [0.25, 0.3) is 6.08 Å². The number of rotatable bonds is 27. The minimum absolute atomic E-state index is 0.147. The molecule has 0 radical (unpaired) electrons. The van der Waals surface area contributed by atoms with Crippen LogP contribution < -0.4 is 0 Å². The van der Waals surface area contributed by atoms with Crippen LogP contribution >= 0.6 is 0 Å². The van der Waals surface area contributed by atoms with E-state index in [2.05, 4.69) is 27.7 Å². The predicted molar refractivity (Wildman–Crippen MR) is 513 cm³/mol. The van der Waals surface area contributed by atoms with Crippen molar-refractivity contribution in [2.45, 2.75) is 516 Å². The molecule has 16 aliphatic rings. The second-order valence-corrected chi connectivity index (χ2v) is 50.2. The van der Waals surface area contributed by atoms with Gasteiger partial charge in [-0.15, -0.1) is 0 Å². The minimum atomic E-state index is -1.47. The molecule has 0 N–H and O–H groups in total. The van der Waals surface area contributed by atoms with Crippen LogP contribution in [0.15, 0.2) is 24.6 Å². The maximum atomic E-state index is 12.5. The first-order valence-corrected chi connectivity index (χ1v) is 56.8. The second-order valence-electron chi connectivity index (χ2n) is 50.2. The van der Waals surface area contributed by atoms with Crippen LogP contribution in [0.1, 0.15) is 516 Å². The van der Waals surface area contributed by atoms with Crippen molar-refractivity contribution in [1.29, 1.82) is 0 Å². The maximum absolute atomic E-state index is 12.5. The lowest BCUT2D eigenvalue weighted by Gasteiger charge is -2.37. The molecule has 700 valence electrons. The Morgan fingerprint density at radius 1 is 0.213 bits per heavy atom. The minimum Gasteiger partial charge on any atom is -0.303 e. The van der Waals surface area contributed by atoms with Crippen LogP contribution in [0.2, 0.25) is 0 Å². The number of allylic oxidation sites excluding steroid dienone is 2. The Bertz CT molecular complexity index is 2780. The van der Waals surface area contributed by atoms with Crippen LogP contribution in [0.4, 0.5) is 13.2 Å². The number of carbonyl (C=O) groups excluding carboxylic acids is 2. The third-order valence-corrected chi connectivity index (χ3v) is 40.5. The first-order chi connectivity index (χ1) is 59.5. The van der Waals surface area contributed by atoms with Crippen LogP contribution in [-0.2, 0) is 9.59 Å². The highest BCUT2D eigenvalue weighted by atomic mass is 19.3. The molecule has 0 aromatic rings. The molecule has 2 nitrogen and oxygen atoms in total. The second kappa shape index (κ2) is 53.3. The van der Waals surface area contributed by atoms with E-state index < -0.39 is 6.08 Å². The van der Waals surface area contributed by atoms with E-state index in [4.69, 9.17) is 0 Å². The van der Waals surface area contributed by atoms with Crippen LogP contribution in [0.3, 0.4) is 0 Å². The van der Waals surface area contributed by atoms with Gasteiger partial charge in [-0.2, -0.15) is 8.78 Å². The van der Waals surface area contributed by atoms with Gasteiger partial charge in [0.05, 0.1) is 6.33 Å². The van der Waals surface area contributed by atoms with Crippen molar-refractivity contribution in [1.82, 2.24) is 0 Å². The molecule has 16 saturated carbocycles. The molecule has 16 aliphatic carbocycles. The highest BCUT2D eigenvalue weighted by Gasteiger charge is 2.38. The highest BCUT2D eigenvalue weighted by molar-refractivity contribution is 5.79. The summed E-state index contributed by atoms with van der Waals surface area (Å²) in [6.45, 7) is 9.80. The van der Waals surface area contributed by atoms with Crippen molar-refractivity contribution in [3.63, 3.8) is 0 Å². The number of aldehydes is 1. The van der Waals surface area contributed by atoms with Crippen molar-refractivity contribution >= 4 is 12.1 Å². The highest BCUT2D eigenvalue weighted by Crippen LogP contribution is 2.51. The van der Waals surface area contributed by atoms with E-state index in [0.29, 0.717) is 17.6 Å². The molecule has 16 rings (SSSR count). The number of Topliss-reactive ketones (excluding diaryl/α,β-unsaturated/α-hetero) is 1. The monoisotopic (exact) mass is 1690 g/mol. The van der Waals surface area contributed by atoms with E-state index in [-0.39, 0.29) is 5.92 Å². The number of hydrogen-bond donors (Lipinski definition) is 0. The number of hydrogen-bond acceptors (Lipinski definition) is 2. The molecular formula is C117H199F3O2. The van der Waals surface area contributed by atoms with Crippen molar-refractivity contribution in [2.75, 3.05) is 0 Å². The van der Waals surface area contributed by atoms with Gasteiger partial charge in [0.1, 0.15) is 12.1 Å². The maximum Gasteiger partial charge on any atom is 0.266 e. The Morgan fingerprint density at radius 2 is 0.352 bits per heavy atom. The summed E-state index contributed by atoms with van der Waals surface area (Å²) < 4.78 is 37.4. The van der Waals surface area contributed by atoms with E-state index in [0.717, 1.165) is 198 Å². The largest absolute Gasteiger partial charge is 0.303 e. The predicted octanol–water partition coefficient (Wildman–Crippen LogP) is 37.0. The van der Waals surface area contributed by atoms with Crippen LogP contribution in [-0.4, -0.2) is 12.1 Å². The van der Waals surface area contributed by atoms with Gasteiger partial charge < -0.3 is 4.79 Å². The summed E-state index contributed by atoms with van der Waals surface area (Å²) in [5.74, 6) is 29.9. The molecule has 122 heavy (non-hydrogen) atoms. The van der Waals surface area contributed by atoms with E-state index in [1.165, 1.54) is 353 Å². The lowest BCUT2D eigenvalue weighted by atomic mass is 9.69. The van der Waals surface area contributed by atoms with E-state index in [1.54, 1.807) is 128 Å². The van der Waals surface area contributed by atoms with Gasteiger partial charge >= 0.3 is 0 Å². The third-order valence-electron chi connectivity index (χ3n) is 40.5. The number of ketones is 1. The number of carbonyl (C=O) groups is 2. The zero-order valence-electron chi connectivity index (χ0n) is 80.9. The zero-order chi connectivity index (χ0) is 84.6. The van der Waals surface area contributed by atoms with Crippen molar-refractivity contribution in [2.24, 2.45) is 183 Å². The summed E-state index contributed by atoms with van der Waals surface area (Å²) in [5, 5.41) is 0. The standard InChI is InChI=1S/C30H50F2.C30H51F.C29H50O.C28H48O/c1-22-2-4-23(5-3-22)18-24-6-8-25(9-7-24)19-26-10-12-27(13-11-26)20-28-14-16-29(17-15-28)21-30(31)32;1-23-2-4-25(5-3-23)20-27-10-12-29(13-11-27)22-30-16-14-28(15-17-30)21-26-8-6-24(7-9-26)18-19-31;1-22-2-4-23(5-3-22)18-24-6-8-25(9-7-24)19-26-10-12-27(13-11-26)20-28-14-16-29(21-30)17-15-28;1-21-2-4-22(5-3-21)18-23-6-8-24(9-7-23)19-25-10-12-26(13-11-25)20-27-14-16-28(29)17-15-27/h21-29H,2-20H2,1H3;18-19,23-30H,2-17,20-22H2,1H3;21-29H,2-20H2,1H3;21-27H,2-20H2,1H3/b;19-18+;;. The van der Waals surface area contributed by atoms with Crippen molar-refractivity contribution in [3.05, 3.63) is 24.6 Å². The molecule has 0 heterocycles. The Balaban J connectivity index is 0.000000140. The molecule has 0 bridgehead atoms. The molecule has 0 saturated heterocycles. The Hall–Kier alpha value is -1.39. The molecule has 0 spiro atoms. The Kier molecular flexibility index (Phi) is 42.9. The quantitative estimate of drug-likeness (QED) is 0.0768. The Morgan fingerprint density at radius 3 is 0.508 bits per heavy atom. The SMILES string of the molecule is CC1CCC(CC2CCC(CC3CCC(CC4CCC(/C=C/F)CC4)CC3)CC2)CC1.CC1CCC(CC2CCC(CC3CCC(CC4CCC(=O)CC4)CC3)CC2)CC1.CC1CCC(CC2CCC(CC3CCC(CC4CCC(C=C(F)F)CC4)CC3)CC2)CC1.CC1CCC(CC2CCC(CC3CCC(CC4CCC(C=O)CC4)CC3)CC2)CC1. The van der Waals surface area contributed by atoms with E-state index in [1.807, 2.05) is 0 Å². The smallest absolute Gasteiger partial charge is 0.266 e. The van der Waals surface area contributed by atoms with E-state index in [9.17, 15) is 22.8 Å². The normalized spacial score (nSPS) is 41.8. The summed E-state index contributed by atoms with van der Waals surface area (Å²) >= 11 is 0. The topological polar surface area (TPSA) is 34.1 Å². The molecule has 0 aromatic heterocycles. The molecular weight excluding hydrogens is 1490 g/mol. The number of halogens is 3. The van der Waals surface area contributed by atoms with Gasteiger partial charge in [0, 0.05) is 18.8 Å². The van der Waals surface area contributed by atoms with Crippen LogP contribution in [0.5, 0.6) is 0 Å². The summed E-state index contributed by atoms with van der Waals surface area (Å²) in [4.78, 5) is 22.4. The van der Waals surface area contributed by atoms with Crippen molar-refractivity contribution < 1.29 is 22.8 Å². The van der Waals surface area contributed by atoms with Crippen LogP contribution in [0, 0.1) is 183 Å². The van der Waals surface area contributed by atoms with Crippen LogP contribution in [0.25, 0.3) is 0 Å². The van der Waals surface area contributed by atoms with Gasteiger partial charge in [0.15, 0.2) is 0 Å². The summed E-state index contributed by atoms with van der Waals surface area (Å²) in [6, 6.07) is 0. The van der Waals surface area contributed by atoms with Gasteiger partial charge in [-0.25, -0.2) is 4.39 Å². The van der Waals surface area contributed by atoms with Gasteiger partial charge in [-0.1, -0.05) is 342 Å².